The number of hydrogen-bond donors (Lipinski definition) is 1. The van der Waals surface area contributed by atoms with Gasteiger partial charge in [-0.1, -0.05) is 21.9 Å². The monoisotopic (exact) mass is 365 g/mol. The van der Waals surface area contributed by atoms with E-state index in [1.54, 1.807) is 25.1 Å². The first-order valence-electron chi connectivity index (χ1n) is 7.40. The predicted molar refractivity (Wildman–Crippen MR) is 90.5 cm³/mol. The second-order valence-electron chi connectivity index (χ2n) is 5.34. The Hall–Kier alpha value is -2.74. The van der Waals surface area contributed by atoms with Gasteiger partial charge < -0.3 is 24.2 Å². The largest absolute Gasteiger partial charge is 0.496 e. The van der Waals surface area contributed by atoms with Gasteiger partial charge in [0.2, 0.25) is 6.10 Å². The highest BCUT2D eigenvalue weighted by atomic mass is 35.5. The molecule has 0 bridgehead atoms. The molecule has 1 aromatic heterocycles. The number of amides is 1. The van der Waals surface area contributed by atoms with Crippen molar-refractivity contribution in [3.8, 4) is 11.5 Å². The summed E-state index contributed by atoms with van der Waals surface area (Å²) in [4.78, 5) is 17.5. The molecule has 1 atom stereocenters. The predicted octanol–water partition coefficient (Wildman–Crippen LogP) is 2.79. The normalized spacial score (nSPS) is 16.2. The standard InChI is InChI=1S/C16H16ClN3O5/c1-8-4-15(20-24-8)18-16(21)14-6-11(19-25-14)9-5-10(17)13(23-3)7-12(9)22-2/h4-5,7,14H,6H2,1-3H3,(H,18,20,21). The number of aryl methyl sites for hydroxylation is 1. The molecule has 0 fully saturated rings. The Labute approximate surface area is 148 Å². The molecular weight excluding hydrogens is 350 g/mol. The number of anilines is 1. The molecule has 3 rings (SSSR count). The number of hydrogen-bond acceptors (Lipinski definition) is 7. The maximum Gasteiger partial charge on any atom is 0.269 e. The minimum atomic E-state index is -0.780. The van der Waals surface area contributed by atoms with Gasteiger partial charge in [-0.25, -0.2) is 0 Å². The summed E-state index contributed by atoms with van der Waals surface area (Å²) in [5.41, 5.74) is 1.19. The van der Waals surface area contributed by atoms with E-state index in [4.69, 9.17) is 30.4 Å². The molecule has 1 amide bonds. The Kier molecular flexibility index (Phi) is 4.80. The van der Waals surface area contributed by atoms with Crippen molar-refractivity contribution >= 4 is 29.0 Å². The van der Waals surface area contributed by atoms with Crippen molar-refractivity contribution in [1.82, 2.24) is 5.16 Å². The molecule has 0 saturated heterocycles. The molecule has 1 aromatic carbocycles. The molecule has 8 nitrogen and oxygen atoms in total. The third-order valence-corrected chi connectivity index (χ3v) is 3.92. The molecule has 0 saturated carbocycles. The van der Waals surface area contributed by atoms with Crippen LogP contribution in [0.3, 0.4) is 0 Å². The van der Waals surface area contributed by atoms with Gasteiger partial charge in [0, 0.05) is 24.1 Å². The molecular formula is C16H16ClN3O5. The fourth-order valence-corrected chi connectivity index (χ4v) is 2.64. The van der Waals surface area contributed by atoms with Gasteiger partial charge in [0.1, 0.15) is 17.3 Å². The first kappa shape index (κ1) is 17.1. The van der Waals surface area contributed by atoms with Crippen LogP contribution >= 0.6 is 11.6 Å². The van der Waals surface area contributed by atoms with Crippen LogP contribution in [0.25, 0.3) is 0 Å². The van der Waals surface area contributed by atoms with Gasteiger partial charge in [-0.05, 0) is 13.0 Å². The van der Waals surface area contributed by atoms with E-state index in [1.165, 1.54) is 14.2 Å². The third-order valence-electron chi connectivity index (χ3n) is 3.63. The van der Waals surface area contributed by atoms with E-state index in [0.717, 1.165) is 0 Å². The van der Waals surface area contributed by atoms with Crippen LogP contribution in [-0.4, -0.2) is 37.1 Å². The van der Waals surface area contributed by atoms with Gasteiger partial charge >= 0.3 is 0 Å². The molecule has 1 unspecified atom stereocenters. The van der Waals surface area contributed by atoms with Gasteiger partial charge in [0.05, 0.1) is 25.0 Å². The number of nitrogens with one attached hydrogen (secondary N) is 1. The molecule has 1 aliphatic heterocycles. The second-order valence-corrected chi connectivity index (χ2v) is 5.74. The van der Waals surface area contributed by atoms with Crippen LogP contribution in [0.4, 0.5) is 5.82 Å². The van der Waals surface area contributed by atoms with Crippen molar-refractivity contribution < 1.29 is 23.6 Å². The minimum Gasteiger partial charge on any atom is -0.496 e. The van der Waals surface area contributed by atoms with Crippen molar-refractivity contribution in [3.63, 3.8) is 0 Å². The summed E-state index contributed by atoms with van der Waals surface area (Å²) in [5.74, 6) is 1.56. The summed E-state index contributed by atoms with van der Waals surface area (Å²) >= 11 is 6.17. The minimum absolute atomic E-state index is 0.266. The smallest absolute Gasteiger partial charge is 0.269 e. The zero-order chi connectivity index (χ0) is 18.0. The number of rotatable bonds is 5. The van der Waals surface area contributed by atoms with Crippen LogP contribution in [0.2, 0.25) is 5.02 Å². The lowest BCUT2D eigenvalue weighted by atomic mass is 10.0. The Balaban J connectivity index is 1.74. The average Bonchev–Trinajstić information content (AvgIpc) is 3.24. The van der Waals surface area contributed by atoms with Crippen LogP contribution in [0, 0.1) is 6.92 Å². The van der Waals surface area contributed by atoms with Crippen molar-refractivity contribution in [2.75, 3.05) is 19.5 Å². The van der Waals surface area contributed by atoms with E-state index in [-0.39, 0.29) is 12.3 Å². The quantitative estimate of drug-likeness (QED) is 0.875. The summed E-state index contributed by atoms with van der Waals surface area (Å²) in [6.07, 6.45) is -0.514. The van der Waals surface area contributed by atoms with Crippen molar-refractivity contribution in [1.29, 1.82) is 0 Å². The summed E-state index contributed by atoms with van der Waals surface area (Å²) in [6.45, 7) is 1.73. The second kappa shape index (κ2) is 7.02. The van der Waals surface area contributed by atoms with E-state index < -0.39 is 6.10 Å². The Bertz CT molecular complexity index is 833. The number of ether oxygens (including phenoxy) is 2. The fraction of sp³-hybridized carbons (Fsp3) is 0.312. The molecule has 0 aliphatic carbocycles. The number of benzene rings is 1. The van der Waals surface area contributed by atoms with E-state index in [1.807, 2.05) is 0 Å². The maximum absolute atomic E-state index is 12.3. The summed E-state index contributed by atoms with van der Waals surface area (Å²) in [5, 5.41) is 10.7. The Morgan fingerprint density at radius 3 is 2.68 bits per heavy atom. The molecule has 1 N–H and O–H groups in total. The lowest BCUT2D eigenvalue weighted by molar-refractivity contribution is -0.125. The lowest BCUT2D eigenvalue weighted by Gasteiger charge is -2.11. The van der Waals surface area contributed by atoms with Crippen molar-refractivity contribution in [2.45, 2.75) is 19.4 Å². The first-order valence-corrected chi connectivity index (χ1v) is 7.78. The highest BCUT2D eigenvalue weighted by molar-refractivity contribution is 6.32. The fourth-order valence-electron chi connectivity index (χ4n) is 2.39. The van der Waals surface area contributed by atoms with Crippen molar-refractivity contribution in [2.24, 2.45) is 5.16 Å². The average molecular weight is 366 g/mol. The molecule has 2 aromatic rings. The maximum atomic E-state index is 12.3. The van der Waals surface area contributed by atoms with Crippen LogP contribution in [0.5, 0.6) is 11.5 Å². The molecule has 2 heterocycles. The topological polar surface area (TPSA) is 95.2 Å². The lowest BCUT2D eigenvalue weighted by Crippen LogP contribution is -2.28. The van der Waals surface area contributed by atoms with Crippen molar-refractivity contribution in [3.05, 3.63) is 34.5 Å². The van der Waals surface area contributed by atoms with E-state index >= 15 is 0 Å². The first-order chi connectivity index (χ1) is 12.0. The summed E-state index contributed by atoms with van der Waals surface area (Å²) < 4.78 is 15.4. The molecule has 0 radical (unpaired) electrons. The van der Waals surface area contributed by atoms with Crippen LogP contribution < -0.4 is 14.8 Å². The summed E-state index contributed by atoms with van der Waals surface area (Å²) in [6, 6.07) is 4.94. The number of oxime groups is 1. The number of aromatic nitrogens is 1. The van der Waals surface area contributed by atoms with Crippen LogP contribution in [-0.2, 0) is 9.63 Å². The van der Waals surface area contributed by atoms with Gasteiger partial charge in [-0.3, -0.25) is 4.79 Å². The summed E-state index contributed by atoms with van der Waals surface area (Å²) in [7, 11) is 3.04. The van der Waals surface area contributed by atoms with Crippen LogP contribution in [0.15, 0.2) is 27.9 Å². The Morgan fingerprint density at radius 1 is 1.28 bits per heavy atom. The zero-order valence-corrected chi connectivity index (χ0v) is 14.6. The zero-order valence-electron chi connectivity index (χ0n) is 13.8. The van der Waals surface area contributed by atoms with E-state index in [2.05, 4.69) is 15.6 Å². The highest BCUT2D eigenvalue weighted by Gasteiger charge is 2.31. The van der Waals surface area contributed by atoms with E-state index in [0.29, 0.717) is 39.4 Å². The molecule has 0 spiro atoms. The van der Waals surface area contributed by atoms with Gasteiger partial charge in [-0.2, -0.15) is 0 Å². The Morgan fingerprint density at radius 2 is 2.04 bits per heavy atom. The molecule has 132 valence electrons. The van der Waals surface area contributed by atoms with Gasteiger partial charge in [-0.15, -0.1) is 0 Å². The number of nitrogens with zero attached hydrogens (tertiary/aromatic N) is 2. The third kappa shape index (κ3) is 3.53. The number of carbonyl (C=O) groups is 1. The molecule has 9 heteroatoms. The van der Waals surface area contributed by atoms with Gasteiger partial charge in [0.25, 0.3) is 5.91 Å². The van der Waals surface area contributed by atoms with E-state index in [9.17, 15) is 4.79 Å². The number of carbonyl (C=O) groups excluding carboxylic acids is 1. The van der Waals surface area contributed by atoms with Crippen LogP contribution in [0.1, 0.15) is 17.7 Å². The SMILES string of the molecule is COc1cc(OC)c(C2=NOC(C(=O)Nc3cc(C)on3)C2)cc1Cl. The molecule has 25 heavy (non-hydrogen) atoms. The van der Waals surface area contributed by atoms with Gasteiger partial charge in [0.15, 0.2) is 5.82 Å². The number of halogens is 1. The molecule has 1 aliphatic rings. The highest BCUT2D eigenvalue weighted by Crippen LogP contribution is 2.34. The number of methoxy groups -OCH3 is 2.